The molecule has 2 N–H and O–H groups in total. The second-order valence-corrected chi connectivity index (χ2v) is 6.23. The molecule has 0 amide bonds. The second kappa shape index (κ2) is 8.11. The number of hydrogen-bond acceptors (Lipinski definition) is 4. The van der Waals surface area contributed by atoms with Crippen molar-refractivity contribution in [1.29, 1.82) is 0 Å². The van der Waals surface area contributed by atoms with Crippen LogP contribution in [0, 0.1) is 11.2 Å². The molecule has 0 unspecified atom stereocenters. The van der Waals surface area contributed by atoms with Crippen LogP contribution >= 0.6 is 12.4 Å². The number of halogens is 2. The molecular weight excluding hydrogens is 307 g/mol. The van der Waals surface area contributed by atoms with Crippen LogP contribution in [0.4, 0.5) is 4.39 Å². The van der Waals surface area contributed by atoms with Crippen LogP contribution in [-0.4, -0.2) is 49.9 Å². The molecule has 0 aliphatic carbocycles. The van der Waals surface area contributed by atoms with E-state index < -0.39 is 0 Å². The molecule has 0 bridgehead atoms. The van der Waals surface area contributed by atoms with Gasteiger partial charge in [-0.25, -0.2) is 4.39 Å². The molecule has 1 aliphatic rings. The van der Waals surface area contributed by atoms with Gasteiger partial charge in [0.1, 0.15) is 0 Å². The van der Waals surface area contributed by atoms with Crippen LogP contribution in [0.15, 0.2) is 18.2 Å². The van der Waals surface area contributed by atoms with E-state index in [-0.39, 0.29) is 42.0 Å². The number of aliphatic hydroxyl groups is 1. The van der Waals surface area contributed by atoms with Crippen LogP contribution in [-0.2, 0) is 0 Å². The first-order valence-electron chi connectivity index (χ1n) is 7.38. The number of rotatable bonds is 5. The zero-order valence-electron chi connectivity index (χ0n) is 13.4. The fourth-order valence-corrected chi connectivity index (χ4v) is 3.04. The fraction of sp³-hybridized carbons (Fsp3) is 0.625. The first-order chi connectivity index (χ1) is 9.99. The average Bonchev–Trinajstić information content (AvgIpc) is 2.48. The Bertz CT molecular complexity index is 479. The van der Waals surface area contributed by atoms with Gasteiger partial charge in [-0.3, -0.25) is 4.90 Å². The maximum Gasteiger partial charge on any atom is 0.165 e. The SMILES string of the molecule is COc1ccc([C@@H](N2CCNCC2)C(C)(C)CO)cc1F.Cl. The van der Waals surface area contributed by atoms with Gasteiger partial charge in [-0.2, -0.15) is 0 Å². The van der Waals surface area contributed by atoms with E-state index in [9.17, 15) is 9.50 Å². The topological polar surface area (TPSA) is 44.7 Å². The van der Waals surface area contributed by atoms with E-state index in [0.717, 1.165) is 31.7 Å². The summed E-state index contributed by atoms with van der Waals surface area (Å²) in [5.41, 5.74) is 0.535. The third-order valence-electron chi connectivity index (χ3n) is 4.16. The number of aliphatic hydroxyl groups excluding tert-OH is 1. The summed E-state index contributed by atoms with van der Waals surface area (Å²) in [7, 11) is 1.46. The minimum absolute atomic E-state index is 0. The Labute approximate surface area is 138 Å². The number of piperazine rings is 1. The highest BCUT2D eigenvalue weighted by Gasteiger charge is 2.35. The predicted molar refractivity (Wildman–Crippen MR) is 88.3 cm³/mol. The van der Waals surface area contributed by atoms with Gasteiger partial charge in [-0.1, -0.05) is 19.9 Å². The van der Waals surface area contributed by atoms with Crippen LogP contribution in [0.25, 0.3) is 0 Å². The molecule has 1 aromatic carbocycles. The Hall–Kier alpha value is -0.880. The zero-order chi connectivity index (χ0) is 15.5. The number of ether oxygens (including phenoxy) is 1. The first kappa shape index (κ1) is 19.2. The van der Waals surface area contributed by atoms with Crippen molar-refractivity contribution >= 4 is 12.4 Å². The van der Waals surface area contributed by atoms with E-state index >= 15 is 0 Å². The van der Waals surface area contributed by atoms with Gasteiger partial charge in [0.2, 0.25) is 0 Å². The molecule has 2 rings (SSSR count). The molecule has 22 heavy (non-hydrogen) atoms. The van der Waals surface area contributed by atoms with Gasteiger partial charge in [-0.15, -0.1) is 12.4 Å². The number of methoxy groups -OCH3 is 1. The molecule has 126 valence electrons. The summed E-state index contributed by atoms with van der Waals surface area (Å²) in [5, 5.41) is 13.1. The van der Waals surface area contributed by atoms with Crippen LogP contribution < -0.4 is 10.1 Å². The van der Waals surface area contributed by atoms with Crippen molar-refractivity contribution in [3.05, 3.63) is 29.6 Å². The molecule has 1 aliphatic heterocycles. The van der Waals surface area contributed by atoms with Gasteiger partial charge in [-0.05, 0) is 17.7 Å². The normalized spacial score (nSPS) is 17.7. The van der Waals surface area contributed by atoms with E-state index in [0.29, 0.717) is 0 Å². The summed E-state index contributed by atoms with van der Waals surface area (Å²) in [6, 6.07) is 5.06. The lowest BCUT2D eigenvalue weighted by Gasteiger charge is -2.43. The second-order valence-electron chi connectivity index (χ2n) is 6.23. The number of nitrogens with zero attached hydrogens (tertiary/aromatic N) is 1. The van der Waals surface area contributed by atoms with Gasteiger partial charge in [0.25, 0.3) is 0 Å². The van der Waals surface area contributed by atoms with Crippen molar-refractivity contribution in [3.63, 3.8) is 0 Å². The van der Waals surface area contributed by atoms with Crippen LogP contribution in [0.3, 0.4) is 0 Å². The third-order valence-corrected chi connectivity index (χ3v) is 4.16. The highest BCUT2D eigenvalue weighted by Crippen LogP contribution is 2.39. The number of benzene rings is 1. The Balaban J connectivity index is 0.00000242. The minimum Gasteiger partial charge on any atom is -0.494 e. The summed E-state index contributed by atoms with van der Waals surface area (Å²) >= 11 is 0. The van der Waals surface area contributed by atoms with E-state index in [4.69, 9.17) is 4.74 Å². The summed E-state index contributed by atoms with van der Waals surface area (Å²) in [5.74, 6) is -0.108. The molecule has 4 nitrogen and oxygen atoms in total. The highest BCUT2D eigenvalue weighted by atomic mass is 35.5. The number of hydrogen-bond donors (Lipinski definition) is 2. The van der Waals surface area contributed by atoms with Crippen molar-refractivity contribution in [2.24, 2.45) is 5.41 Å². The maximum atomic E-state index is 14.1. The van der Waals surface area contributed by atoms with Crippen LogP contribution in [0.5, 0.6) is 5.75 Å². The molecule has 0 aromatic heterocycles. The molecule has 1 heterocycles. The van der Waals surface area contributed by atoms with E-state index in [1.165, 1.54) is 13.2 Å². The van der Waals surface area contributed by atoms with E-state index in [1.807, 2.05) is 19.9 Å². The monoisotopic (exact) mass is 332 g/mol. The Morgan fingerprint density at radius 2 is 2.00 bits per heavy atom. The summed E-state index contributed by atoms with van der Waals surface area (Å²) in [6.07, 6.45) is 0. The average molecular weight is 333 g/mol. The molecule has 0 spiro atoms. The highest BCUT2D eigenvalue weighted by molar-refractivity contribution is 5.85. The minimum atomic E-state index is -0.358. The van der Waals surface area contributed by atoms with Gasteiger partial charge in [0, 0.05) is 44.2 Å². The summed E-state index contributed by atoms with van der Waals surface area (Å²) < 4.78 is 19.0. The van der Waals surface area contributed by atoms with Crippen molar-refractivity contribution in [3.8, 4) is 5.75 Å². The van der Waals surface area contributed by atoms with Gasteiger partial charge in [0.05, 0.1) is 7.11 Å². The van der Waals surface area contributed by atoms with Crippen LogP contribution in [0.1, 0.15) is 25.5 Å². The Morgan fingerprint density at radius 1 is 1.36 bits per heavy atom. The first-order valence-corrected chi connectivity index (χ1v) is 7.38. The molecular formula is C16H26ClFN2O2. The smallest absolute Gasteiger partial charge is 0.165 e. The van der Waals surface area contributed by atoms with E-state index in [1.54, 1.807) is 6.07 Å². The largest absolute Gasteiger partial charge is 0.494 e. The zero-order valence-corrected chi connectivity index (χ0v) is 14.3. The Morgan fingerprint density at radius 3 is 2.50 bits per heavy atom. The molecule has 1 atom stereocenters. The van der Waals surface area contributed by atoms with Crippen molar-refractivity contribution in [1.82, 2.24) is 10.2 Å². The predicted octanol–water partition coefficient (Wildman–Crippen LogP) is 2.22. The fourth-order valence-electron chi connectivity index (χ4n) is 3.04. The van der Waals surface area contributed by atoms with Crippen LogP contribution in [0.2, 0.25) is 0 Å². The van der Waals surface area contributed by atoms with E-state index in [2.05, 4.69) is 10.2 Å². The lowest BCUT2D eigenvalue weighted by Crippen LogP contribution is -2.49. The van der Waals surface area contributed by atoms with Crippen molar-refractivity contribution in [2.75, 3.05) is 39.9 Å². The third kappa shape index (κ3) is 4.10. The molecule has 1 saturated heterocycles. The molecule has 1 aromatic rings. The molecule has 1 fully saturated rings. The maximum absolute atomic E-state index is 14.1. The molecule has 0 saturated carbocycles. The summed E-state index contributed by atoms with van der Waals surface area (Å²) in [6.45, 7) is 7.69. The molecule has 6 heteroatoms. The standard InChI is InChI=1S/C16H25FN2O2.ClH/c1-16(2,11-20)15(19-8-6-18-7-9-19)12-4-5-14(21-3)13(17)10-12;/h4-5,10,15,18,20H,6-9,11H2,1-3H3;1H/t15-;/m1./s1. The lowest BCUT2D eigenvalue weighted by molar-refractivity contribution is 0.0303. The Kier molecular flexibility index (Phi) is 7.06. The molecule has 0 radical (unpaired) electrons. The number of nitrogens with one attached hydrogen (secondary N) is 1. The lowest BCUT2D eigenvalue weighted by atomic mass is 9.79. The van der Waals surface area contributed by atoms with Crippen molar-refractivity contribution < 1.29 is 14.2 Å². The van der Waals surface area contributed by atoms with Gasteiger partial charge >= 0.3 is 0 Å². The summed E-state index contributed by atoms with van der Waals surface area (Å²) in [4.78, 5) is 2.31. The van der Waals surface area contributed by atoms with Gasteiger partial charge < -0.3 is 15.2 Å². The van der Waals surface area contributed by atoms with Crippen molar-refractivity contribution in [2.45, 2.75) is 19.9 Å². The quantitative estimate of drug-likeness (QED) is 0.868. The van der Waals surface area contributed by atoms with Gasteiger partial charge in [0.15, 0.2) is 11.6 Å².